The van der Waals surface area contributed by atoms with Crippen molar-refractivity contribution in [2.75, 3.05) is 25.6 Å². The molecule has 5 nitrogen and oxygen atoms in total. The van der Waals surface area contributed by atoms with E-state index in [1.807, 2.05) is 0 Å². The van der Waals surface area contributed by atoms with E-state index in [2.05, 4.69) is 4.98 Å². The normalized spacial score (nSPS) is 20.6. The van der Waals surface area contributed by atoms with Gasteiger partial charge in [-0.25, -0.2) is 4.98 Å². The number of nitrogens with zero attached hydrogens (tertiary/aromatic N) is 1. The molecule has 0 bridgehead atoms. The third kappa shape index (κ3) is 2.77. The molecule has 0 spiro atoms. The van der Waals surface area contributed by atoms with E-state index in [4.69, 9.17) is 15.2 Å². The number of carbonyl (C=O) groups is 1. The summed E-state index contributed by atoms with van der Waals surface area (Å²) >= 11 is 0. The minimum atomic E-state index is -0.442. The maximum Gasteiger partial charge on any atom is 0.168 e. The number of hydrogen-bond acceptors (Lipinski definition) is 5. The molecule has 0 aliphatic carbocycles. The number of hydrogen-bond donors (Lipinski definition) is 1. The van der Waals surface area contributed by atoms with Gasteiger partial charge in [0.1, 0.15) is 11.9 Å². The maximum absolute atomic E-state index is 11.8. The van der Waals surface area contributed by atoms with Gasteiger partial charge in [-0.05, 0) is 17.7 Å². The summed E-state index contributed by atoms with van der Waals surface area (Å²) in [5.74, 6) is 0.441. The molecule has 0 saturated carbocycles. The highest BCUT2D eigenvalue weighted by molar-refractivity contribution is 5.85. The lowest BCUT2D eigenvalue weighted by Crippen LogP contribution is -2.36. The number of pyridine rings is 1. The molecule has 1 atom stereocenters. The number of rotatable bonds is 3. The fraction of sp³-hybridized carbons (Fsp3) is 0.455. The van der Waals surface area contributed by atoms with Crippen molar-refractivity contribution in [2.24, 2.45) is 0 Å². The molecule has 5 heteroatoms. The molecule has 0 aromatic carbocycles. The van der Waals surface area contributed by atoms with Crippen LogP contribution in [0.3, 0.4) is 0 Å². The van der Waals surface area contributed by atoms with Crippen molar-refractivity contribution in [3.8, 4) is 0 Å². The van der Waals surface area contributed by atoms with Crippen LogP contribution in [0.4, 0.5) is 5.82 Å². The van der Waals surface area contributed by atoms with E-state index in [0.29, 0.717) is 32.1 Å². The fourth-order valence-electron chi connectivity index (χ4n) is 1.59. The van der Waals surface area contributed by atoms with E-state index in [-0.39, 0.29) is 5.78 Å². The van der Waals surface area contributed by atoms with Gasteiger partial charge in [-0.1, -0.05) is 0 Å². The summed E-state index contributed by atoms with van der Waals surface area (Å²) in [6.07, 6.45) is 1.46. The Labute approximate surface area is 93.6 Å². The molecule has 1 aliphatic heterocycles. The predicted octanol–water partition coefficient (Wildman–Crippen LogP) is 0.191. The lowest BCUT2D eigenvalue weighted by Gasteiger charge is -2.21. The van der Waals surface area contributed by atoms with Crippen LogP contribution >= 0.6 is 0 Å². The van der Waals surface area contributed by atoms with Crippen LogP contribution in [0.1, 0.15) is 5.56 Å². The molecule has 1 fully saturated rings. The first-order chi connectivity index (χ1) is 7.75. The molecule has 2 heterocycles. The predicted molar refractivity (Wildman–Crippen MR) is 57.9 cm³/mol. The van der Waals surface area contributed by atoms with Crippen LogP contribution in [0.15, 0.2) is 18.3 Å². The second-order valence-corrected chi connectivity index (χ2v) is 3.67. The van der Waals surface area contributed by atoms with E-state index in [1.165, 1.54) is 0 Å². The summed E-state index contributed by atoms with van der Waals surface area (Å²) in [7, 11) is 0. The zero-order valence-corrected chi connectivity index (χ0v) is 8.89. The number of Topliss-reactive ketones (excluding diaryl/α,β-unsaturated/α-hetero) is 1. The first-order valence-electron chi connectivity index (χ1n) is 5.18. The van der Waals surface area contributed by atoms with Crippen molar-refractivity contribution in [1.82, 2.24) is 4.98 Å². The van der Waals surface area contributed by atoms with Crippen LogP contribution in [0.2, 0.25) is 0 Å². The summed E-state index contributed by atoms with van der Waals surface area (Å²) in [5.41, 5.74) is 6.39. The Kier molecular flexibility index (Phi) is 3.48. The second kappa shape index (κ2) is 5.05. The zero-order valence-electron chi connectivity index (χ0n) is 8.89. The van der Waals surface area contributed by atoms with Crippen molar-refractivity contribution in [2.45, 2.75) is 12.5 Å². The van der Waals surface area contributed by atoms with Crippen LogP contribution in [-0.4, -0.2) is 36.7 Å². The monoisotopic (exact) mass is 222 g/mol. The number of ether oxygens (including phenoxy) is 2. The van der Waals surface area contributed by atoms with Crippen molar-refractivity contribution in [3.63, 3.8) is 0 Å². The van der Waals surface area contributed by atoms with Crippen molar-refractivity contribution in [1.29, 1.82) is 0 Å². The Morgan fingerprint density at radius 1 is 1.56 bits per heavy atom. The SMILES string of the molecule is Nc1cc(CC(=O)C2COCCO2)ccn1. The van der Waals surface area contributed by atoms with E-state index >= 15 is 0 Å². The molecule has 86 valence electrons. The van der Waals surface area contributed by atoms with Gasteiger partial charge < -0.3 is 15.2 Å². The zero-order chi connectivity index (χ0) is 11.4. The first kappa shape index (κ1) is 11.0. The summed E-state index contributed by atoms with van der Waals surface area (Å²) < 4.78 is 10.5. The molecule has 2 rings (SSSR count). The summed E-state index contributed by atoms with van der Waals surface area (Å²) in [6, 6.07) is 3.47. The second-order valence-electron chi connectivity index (χ2n) is 3.67. The van der Waals surface area contributed by atoms with Gasteiger partial charge in [0.25, 0.3) is 0 Å². The van der Waals surface area contributed by atoms with Gasteiger partial charge in [0.15, 0.2) is 5.78 Å². The van der Waals surface area contributed by atoms with Gasteiger partial charge in [0, 0.05) is 12.6 Å². The van der Waals surface area contributed by atoms with Crippen LogP contribution in [-0.2, 0) is 20.7 Å². The Morgan fingerprint density at radius 2 is 2.44 bits per heavy atom. The number of nitrogens with two attached hydrogens (primary N) is 1. The van der Waals surface area contributed by atoms with E-state index in [0.717, 1.165) is 5.56 Å². The summed E-state index contributed by atoms with van der Waals surface area (Å²) in [6.45, 7) is 1.39. The fourth-order valence-corrected chi connectivity index (χ4v) is 1.59. The van der Waals surface area contributed by atoms with Gasteiger partial charge in [-0.15, -0.1) is 0 Å². The van der Waals surface area contributed by atoms with Gasteiger partial charge >= 0.3 is 0 Å². The highest BCUT2D eigenvalue weighted by Crippen LogP contribution is 2.09. The lowest BCUT2D eigenvalue weighted by molar-refractivity contribution is -0.144. The highest BCUT2D eigenvalue weighted by atomic mass is 16.6. The Morgan fingerprint density at radius 3 is 3.12 bits per heavy atom. The Bertz CT molecular complexity index is 375. The van der Waals surface area contributed by atoms with E-state index in [9.17, 15) is 4.79 Å². The quantitative estimate of drug-likeness (QED) is 0.790. The molecule has 1 aromatic heterocycles. The number of anilines is 1. The Hall–Kier alpha value is -1.46. The largest absolute Gasteiger partial charge is 0.384 e. The van der Waals surface area contributed by atoms with E-state index in [1.54, 1.807) is 18.3 Å². The van der Waals surface area contributed by atoms with E-state index < -0.39 is 6.10 Å². The van der Waals surface area contributed by atoms with Gasteiger partial charge in [0.2, 0.25) is 0 Å². The van der Waals surface area contributed by atoms with Gasteiger partial charge in [-0.3, -0.25) is 4.79 Å². The summed E-state index contributed by atoms with van der Waals surface area (Å²) in [5, 5.41) is 0. The third-order valence-electron chi connectivity index (χ3n) is 2.40. The molecule has 0 amide bonds. The maximum atomic E-state index is 11.8. The first-order valence-corrected chi connectivity index (χ1v) is 5.18. The smallest absolute Gasteiger partial charge is 0.168 e. The van der Waals surface area contributed by atoms with Crippen LogP contribution in [0, 0.1) is 0 Å². The lowest BCUT2D eigenvalue weighted by atomic mass is 10.1. The topological polar surface area (TPSA) is 74.4 Å². The number of carbonyl (C=O) groups excluding carboxylic acids is 1. The van der Waals surface area contributed by atoms with Crippen LogP contribution in [0.5, 0.6) is 0 Å². The molecule has 2 N–H and O–H groups in total. The molecule has 1 aromatic rings. The highest BCUT2D eigenvalue weighted by Gasteiger charge is 2.22. The molecular weight excluding hydrogens is 208 g/mol. The van der Waals surface area contributed by atoms with Crippen molar-refractivity contribution < 1.29 is 14.3 Å². The number of nitrogen functional groups attached to an aromatic ring is 1. The molecule has 1 aliphatic rings. The molecule has 0 radical (unpaired) electrons. The van der Waals surface area contributed by atoms with Crippen LogP contribution in [0.25, 0.3) is 0 Å². The van der Waals surface area contributed by atoms with Crippen LogP contribution < -0.4 is 5.73 Å². The molecule has 1 saturated heterocycles. The molecule has 16 heavy (non-hydrogen) atoms. The van der Waals surface area contributed by atoms with Gasteiger partial charge in [-0.2, -0.15) is 0 Å². The van der Waals surface area contributed by atoms with Crippen molar-refractivity contribution in [3.05, 3.63) is 23.9 Å². The standard InChI is InChI=1S/C11H14N2O3/c12-11-6-8(1-2-13-11)5-9(14)10-7-15-3-4-16-10/h1-2,6,10H,3-5,7H2,(H2,12,13). The summed E-state index contributed by atoms with van der Waals surface area (Å²) in [4.78, 5) is 15.7. The van der Waals surface area contributed by atoms with Crippen molar-refractivity contribution >= 4 is 11.6 Å². The van der Waals surface area contributed by atoms with Gasteiger partial charge in [0.05, 0.1) is 19.8 Å². The molecule has 1 unspecified atom stereocenters. The minimum absolute atomic E-state index is 0.0188. The third-order valence-corrected chi connectivity index (χ3v) is 2.40. The number of ketones is 1. The number of aromatic nitrogens is 1. The minimum Gasteiger partial charge on any atom is -0.384 e. The average Bonchev–Trinajstić information content (AvgIpc) is 2.30. The average molecular weight is 222 g/mol. The molecular formula is C11H14N2O3. The Balaban J connectivity index is 1.96.